The smallest absolute Gasteiger partial charge is 0.258 e. The van der Waals surface area contributed by atoms with Gasteiger partial charge < -0.3 is 10.1 Å². The van der Waals surface area contributed by atoms with Crippen LogP contribution in [0.2, 0.25) is 0 Å². The lowest BCUT2D eigenvalue weighted by atomic mass is 10.2. The van der Waals surface area contributed by atoms with Gasteiger partial charge in [-0.2, -0.15) is 0 Å². The molecule has 1 amide bonds. The molecule has 0 spiro atoms. The molecule has 0 saturated heterocycles. The molecule has 140 valence electrons. The molecule has 0 aromatic heterocycles. The van der Waals surface area contributed by atoms with E-state index in [0.717, 1.165) is 16.3 Å². The number of aryl methyl sites for hydroxylation is 1. The van der Waals surface area contributed by atoms with Gasteiger partial charge in [0, 0.05) is 20.6 Å². The monoisotopic (exact) mass is 376 g/mol. The van der Waals surface area contributed by atoms with Crippen LogP contribution < -0.4 is 10.1 Å². The van der Waals surface area contributed by atoms with Gasteiger partial charge in [-0.15, -0.1) is 0 Å². The Balaban J connectivity index is 1.83. The number of sulfonamides is 1. The Morgan fingerprint density at radius 2 is 1.58 bits per heavy atom. The van der Waals surface area contributed by atoms with Crippen molar-refractivity contribution in [1.29, 1.82) is 0 Å². The van der Waals surface area contributed by atoms with Crippen molar-refractivity contribution >= 4 is 15.9 Å². The van der Waals surface area contributed by atoms with Crippen LogP contribution in [0.5, 0.6) is 5.75 Å². The highest BCUT2D eigenvalue weighted by atomic mass is 32.2. The van der Waals surface area contributed by atoms with Crippen LogP contribution in [0, 0.1) is 0 Å². The Morgan fingerprint density at radius 3 is 2.12 bits per heavy atom. The summed E-state index contributed by atoms with van der Waals surface area (Å²) in [5.74, 6) is 0.408. The lowest BCUT2D eigenvalue weighted by molar-refractivity contribution is -0.123. The molecule has 0 unspecified atom stereocenters. The summed E-state index contributed by atoms with van der Waals surface area (Å²) in [6, 6.07) is 14.0. The number of carbonyl (C=O) groups excluding carboxylic acids is 1. The molecule has 7 heteroatoms. The second-order valence-corrected chi connectivity index (χ2v) is 8.15. The molecule has 0 aliphatic rings. The van der Waals surface area contributed by atoms with E-state index in [9.17, 15) is 13.2 Å². The van der Waals surface area contributed by atoms with Crippen LogP contribution in [-0.4, -0.2) is 39.3 Å². The first-order valence-corrected chi connectivity index (χ1v) is 9.77. The maximum Gasteiger partial charge on any atom is 0.258 e. The zero-order valence-corrected chi connectivity index (χ0v) is 16.0. The molecule has 0 aliphatic carbocycles. The second kappa shape index (κ2) is 8.82. The molecule has 2 rings (SSSR count). The molecule has 1 N–H and O–H groups in total. The number of benzene rings is 2. The van der Waals surface area contributed by atoms with Gasteiger partial charge in [0.15, 0.2) is 6.61 Å². The van der Waals surface area contributed by atoms with E-state index in [1.54, 1.807) is 12.1 Å². The third-order valence-corrected chi connectivity index (χ3v) is 5.72. The van der Waals surface area contributed by atoms with Gasteiger partial charge in [0.2, 0.25) is 10.0 Å². The highest BCUT2D eigenvalue weighted by molar-refractivity contribution is 7.89. The van der Waals surface area contributed by atoms with E-state index in [-0.39, 0.29) is 17.4 Å². The fraction of sp³-hybridized carbons (Fsp3) is 0.316. The largest absolute Gasteiger partial charge is 0.484 e. The van der Waals surface area contributed by atoms with Crippen LogP contribution in [0.15, 0.2) is 53.4 Å². The number of amides is 1. The summed E-state index contributed by atoms with van der Waals surface area (Å²) >= 11 is 0. The maximum atomic E-state index is 12.0. The summed E-state index contributed by atoms with van der Waals surface area (Å²) in [5.41, 5.74) is 2.02. The molecule has 6 nitrogen and oxygen atoms in total. The van der Waals surface area contributed by atoms with Crippen LogP contribution >= 0.6 is 0 Å². The van der Waals surface area contributed by atoms with Gasteiger partial charge in [0.25, 0.3) is 5.91 Å². The van der Waals surface area contributed by atoms with Gasteiger partial charge in [-0.1, -0.05) is 31.2 Å². The van der Waals surface area contributed by atoms with Crippen LogP contribution in [0.4, 0.5) is 0 Å². The van der Waals surface area contributed by atoms with Gasteiger partial charge in [-0.3, -0.25) is 4.79 Å². The minimum atomic E-state index is -3.44. The van der Waals surface area contributed by atoms with Crippen LogP contribution in [-0.2, 0) is 27.8 Å². The van der Waals surface area contributed by atoms with Crippen molar-refractivity contribution in [2.75, 3.05) is 20.7 Å². The van der Waals surface area contributed by atoms with Crippen LogP contribution in [0.3, 0.4) is 0 Å². The molecule has 2 aromatic carbocycles. The predicted molar refractivity (Wildman–Crippen MR) is 100 cm³/mol. The summed E-state index contributed by atoms with van der Waals surface area (Å²) in [6.07, 6.45) is 0.954. The first kappa shape index (κ1) is 19.9. The number of rotatable bonds is 8. The molecular weight excluding hydrogens is 352 g/mol. The molecule has 2 aromatic rings. The van der Waals surface area contributed by atoms with E-state index >= 15 is 0 Å². The third kappa shape index (κ3) is 5.31. The lowest BCUT2D eigenvalue weighted by Crippen LogP contribution is -2.28. The van der Waals surface area contributed by atoms with E-state index in [0.29, 0.717) is 12.3 Å². The number of ether oxygens (including phenoxy) is 1. The van der Waals surface area contributed by atoms with Crippen molar-refractivity contribution in [3.8, 4) is 5.75 Å². The Kier molecular flexibility index (Phi) is 6.76. The Bertz CT molecular complexity index is 829. The average Bonchev–Trinajstić information content (AvgIpc) is 2.65. The van der Waals surface area contributed by atoms with Gasteiger partial charge in [0.1, 0.15) is 5.75 Å². The number of carbonyl (C=O) groups is 1. The second-order valence-electron chi connectivity index (χ2n) is 5.99. The number of hydrogen-bond acceptors (Lipinski definition) is 4. The van der Waals surface area contributed by atoms with Gasteiger partial charge in [-0.05, 0) is 41.8 Å². The molecule has 0 atom stereocenters. The van der Waals surface area contributed by atoms with Gasteiger partial charge in [0.05, 0.1) is 4.90 Å². The Labute approximate surface area is 154 Å². The van der Waals surface area contributed by atoms with Crippen molar-refractivity contribution in [2.24, 2.45) is 0 Å². The number of nitrogens with one attached hydrogen (secondary N) is 1. The SMILES string of the molecule is CCc1ccc(OCC(=O)NCc2ccc(S(=O)(=O)N(C)C)cc2)cc1. The van der Waals surface area contributed by atoms with E-state index in [2.05, 4.69) is 12.2 Å². The standard InChI is InChI=1S/C19H24N2O4S/c1-4-15-5-9-17(10-6-15)25-14-19(22)20-13-16-7-11-18(12-8-16)26(23,24)21(2)3/h5-12H,4,13-14H2,1-3H3,(H,20,22). The Morgan fingerprint density at radius 1 is 1.00 bits per heavy atom. The normalized spacial score (nSPS) is 11.4. The van der Waals surface area contributed by atoms with E-state index in [1.807, 2.05) is 24.3 Å². The van der Waals surface area contributed by atoms with Crippen molar-refractivity contribution in [2.45, 2.75) is 24.8 Å². The van der Waals surface area contributed by atoms with Crippen LogP contribution in [0.1, 0.15) is 18.1 Å². The summed E-state index contributed by atoms with van der Waals surface area (Å²) in [7, 11) is -0.473. The van der Waals surface area contributed by atoms with Gasteiger partial charge in [-0.25, -0.2) is 12.7 Å². The molecule has 0 heterocycles. The fourth-order valence-corrected chi connectivity index (χ4v) is 3.11. The molecule has 0 aliphatic heterocycles. The topological polar surface area (TPSA) is 75.7 Å². The molecule has 0 radical (unpaired) electrons. The van der Waals surface area contributed by atoms with Gasteiger partial charge >= 0.3 is 0 Å². The van der Waals surface area contributed by atoms with E-state index in [4.69, 9.17) is 4.74 Å². The first-order valence-electron chi connectivity index (χ1n) is 8.33. The zero-order chi connectivity index (χ0) is 19.2. The lowest BCUT2D eigenvalue weighted by Gasteiger charge is -2.12. The van der Waals surface area contributed by atoms with Crippen molar-refractivity contribution in [3.63, 3.8) is 0 Å². The number of hydrogen-bond donors (Lipinski definition) is 1. The zero-order valence-electron chi connectivity index (χ0n) is 15.2. The minimum absolute atomic E-state index is 0.0709. The molecule has 0 fully saturated rings. The quantitative estimate of drug-likeness (QED) is 0.766. The minimum Gasteiger partial charge on any atom is -0.484 e. The van der Waals surface area contributed by atoms with E-state index in [1.165, 1.54) is 31.8 Å². The van der Waals surface area contributed by atoms with E-state index < -0.39 is 10.0 Å². The third-order valence-electron chi connectivity index (χ3n) is 3.89. The highest BCUT2D eigenvalue weighted by Crippen LogP contribution is 2.14. The number of nitrogens with zero attached hydrogens (tertiary/aromatic N) is 1. The molecular formula is C19H24N2O4S. The summed E-state index contributed by atoms with van der Waals surface area (Å²) in [4.78, 5) is 12.1. The first-order chi connectivity index (χ1) is 12.3. The summed E-state index contributed by atoms with van der Waals surface area (Å²) in [6.45, 7) is 2.31. The summed E-state index contributed by atoms with van der Waals surface area (Å²) in [5, 5.41) is 2.75. The fourth-order valence-electron chi connectivity index (χ4n) is 2.21. The predicted octanol–water partition coefficient (Wildman–Crippen LogP) is 2.19. The Hall–Kier alpha value is -2.38. The summed E-state index contributed by atoms with van der Waals surface area (Å²) < 4.78 is 30.6. The van der Waals surface area contributed by atoms with Crippen molar-refractivity contribution < 1.29 is 17.9 Å². The molecule has 0 bridgehead atoms. The highest BCUT2D eigenvalue weighted by Gasteiger charge is 2.16. The van der Waals surface area contributed by atoms with Crippen LogP contribution in [0.25, 0.3) is 0 Å². The molecule has 0 saturated carbocycles. The average molecular weight is 376 g/mol. The molecule has 26 heavy (non-hydrogen) atoms. The maximum absolute atomic E-state index is 12.0. The van der Waals surface area contributed by atoms with Crippen molar-refractivity contribution in [3.05, 3.63) is 59.7 Å². The van der Waals surface area contributed by atoms with Crippen molar-refractivity contribution in [1.82, 2.24) is 9.62 Å².